The molecule has 1 aromatic carbocycles. The number of carbonyl (C=O) groups is 1. The van der Waals surface area contributed by atoms with Gasteiger partial charge in [0.15, 0.2) is 0 Å². The van der Waals surface area contributed by atoms with Gasteiger partial charge in [-0.15, -0.1) is 11.8 Å². The Morgan fingerprint density at radius 3 is 3.00 bits per heavy atom. The lowest BCUT2D eigenvalue weighted by molar-refractivity contribution is -0.137. The van der Waals surface area contributed by atoms with E-state index in [1.54, 1.807) is 18.2 Å². The van der Waals surface area contributed by atoms with Gasteiger partial charge in [0.25, 0.3) is 0 Å². The van der Waals surface area contributed by atoms with Crippen LogP contribution in [0.15, 0.2) is 23.1 Å². The first-order valence-corrected chi connectivity index (χ1v) is 5.43. The fourth-order valence-electron chi connectivity index (χ4n) is 0.929. The largest absolute Gasteiger partial charge is 0.468 e. The number of nitrogens with zero attached hydrogens (tertiary/aromatic N) is 1. The Kier molecular flexibility index (Phi) is 4.47. The lowest BCUT2D eigenvalue weighted by Crippen LogP contribution is -2.03. The van der Waals surface area contributed by atoms with Crippen LogP contribution in [-0.4, -0.2) is 18.8 Å². The lowest BCUT2D eigenvalue weighted by Gasteiger charge is -2.03. The standard InChI is InChI=1S/C10H8ClNO2S/c1-14-10(13)6-15-9-4-2-3-8(11)7(9)5-12/h2-4H,6H2,1H3. The van der Waals surface area contributed by atoms with Gasteiger partial charge in [-0.05, 0) is 12.1 Å². The van der Waals surface area contributed by atoms with E-state index in [1.165, 1.54) is 18.9 Å². The molecule has 0 bridgehead atoms. The van der Waals surface area contributed by atoms with E-state index in [1.807, 2.05) is 6.07 Å². The summed E-state index contributed by atoms with van der Waals surface area (Å²) in [4.78, 5) is 11.6. The number of rotatable bonds is 3. The molecule has 0 unspecified atom stereocenters. The summed E-state index contributed by atoms with van der Waals surface area (Å²) in [5, 5.41) is 9.25. The van der Waals surface area contributed by atoms with Gasteiger partial charge in [-0.25, -0.2) is 0 Å². The maximum atomic E-state index is 10.9. The first-order valence-electron chi connectivity index (χ1n) is 4.07. The number of hydrogen-bond acceptors (Lipinski definition) is 4. The highest BCUT2D eigenvalue weighted by atomic mass is 35.5. The molecule has 3 nitrogen and oxygen atoms in total. The molecule has 0 saturated heterocycles. The number of esters is 1. The van der Waals surface area contributed by atoms with Gasteiger partial charge in [-0.2, -0.15) is 5.26 Å². The maximum Gasteiger partial charge on any atom is 0.315 e. The molecule has 0 aromatic heterocycles. The summed E-state index contributed by atoms with van der Waals surface area (Å²) in [5.41, 5.74) is 0.396. The third kappa shape index (κ3) is 3.15. The number of thioether (sulfide) groups is 1. The summed E-state index contributed by atoms with van der Waals surface area (Å²) < 4.78 is 4.50. The minimum Gasteiger partial charge on any atom is -0.468 e. The molecule has 0 fully saturated rings. The molecule has 1 aromatic rings. The predicted octanol–water partition coefficient (Wildman–Crippen LogP) is 2.48. The van der Waals surface area contributed by atoms with Crippen LogP contribution in [0.1, 0.15) is 5.56 Å². The Balaban J connectivity index is 2.82. The zero-order chi connectivity index (χ0) is 11.3. The van der Waals surface area contributed by atoms with Crippen molar-refractivity contribution in [1.82, 2.24) is 0 Å². The average molecular weight is 242 g/mol. The van der Waals surface area contributed by atoms with Crippen LogP contribution in [0, 0.1) is 11.3 Å². The molecule has 15 heavy (non-hydrogen) atoms. The Hall–Kier alpha value is -1.18. The third-order valence-electron chi connectivity index (χ3n) is 1.66. The van der Waals surface area contributed by atoms with Gasteiger partial charge in [0.2, 0.25) is 0 Å². The van der Waals surface area contributed by atoms with Gasteiger partial charge in [0, 0.05) is 4.90 Å². The number of hydrogen-bond donors (Lipinski definition) is 0. The molecule has 0 aliphatic carbocycles. The number of carbonyl (C=O) groups excluding carboxylic acids is 1. The van der Waals surface area contributed by atoms with E-state index in [0.29, 0.717) is 15.5 Å². The average Bonchev–Trinajstić information content (AvgIpc) is 2.25. The van der Waals surface area contributed by atoms with Crippen LogP contribution in [-0.2, 0) is 9.53 Å². The fourth-order valence-corrected chi connectivity index (χ4v) is 2.07. The number of halogens is 1. The monoisotopic (exact) mass is 241 g/mol. The summed E-state index contributed by atoms with van der Waals surface area (Å²) in [5.74, 6) is -0.158. The van der Waals surface area contributed by atoms with Gasteiger partial charge < -0.3 is 4.74 Å². The summed E-state index contributed by atoms with van der Waals surface area (Å²) in [6.45, 7) is 0. The van der Waals surface area contributed by atoms with E-state index in [-0.39, 0.29) is 11.7 Å². The van der Waals surface area contributed by atoms with Crippen LogP contribution in [0.4, 0.5) is 0 Å². The predicted molar refractivity (Wildman–Crippen MR) is 58.9 cm³/mol. The number of methoxy groups -OCH3 is 1. The highest BCUT2D eigenvalue weighted by molar-refractivity contribution is 8.00. The van der Waals surface area contributed by atoms with Crippen LogP contribution in [0.2, 0.25) is 5.02 Å². The Labute approximate surface area is 97.0 Å². The van der Waals surface area contributed by atoms with Crippen LogP contribution in [0.25, 0.3) is 0 Å². The molecule has 0 radical (unpaired) electrons. The second kappa shape index (κ2) is 5.64. The van der Waals surface area contributed by atoms with Gasteiger partial charge in [0.05, 0.1) is 23.4 Å². The molecular formula is C10H8ClNO2S. The fraction of sp³-hybridized carbons (Fsp3) is 0.200. The molecule has 0 N–H and O–H groups in total. The third-order valence-corrected chi connectivity index (χ3v) is 3.01. The van der Waals surface area contributed by atoms with E-state index in [4.69, 9.17) is 16.9 Å². The van der Waals surface area contributed by atoms with Gasteiger partial charge in [-0.3, -0.25) is 4.79 Å². The minimum absolute atomic E-state index is 0.172. The van der Waals surface area contributed by atoms with Gasteiger partial charge in [-0.1, -0.05) is 17.7 Å². The molecule has 78 valence electrons. The van der Waals surface area contributed by atoms with Crippen molar-refractivity contribution in [2.75, 3.05) is 12.9 Å². The SMILES string of the molecule is COC(=O)CSc1cccc(Cl)c1C#N. The molecule has 5 heteroatoms. The number of benzene rings is 1. The minimum atomic E-state index is -0.330. The maximum absolute atomic E-state index is 10.9. The molecule has 1 rings (SSSR count). The second-order valence-electron chi connectivity index (χ2n) is 2.59. The quantitative estimate of drug-likeness (QED) is 0.603. The second-order valence-corrected chi connectivity index (χ2v) is 4.01. The van der Waals surface area contributed by atoms with Gasteiger partial charge >= 0.3 is 5.97 Å². The Bertz CT molecular complexity index is 414. The molecule has 0 aliphatic heterocycles. The van der Waals surface area contributed by atoms with Crippen LogP contribution in [0.3, 0.4) is 0 Å². The van der Waals surface area contributed by atoms with Gasteiger partial charge in [0.1, 0.15) is 6.07 Å². The summed E-state index contributed by atoms with van der Waals surface area (Å²) >= 11 is 7.06. The Morgan fingerprint density at radius 2 is 2.40 bits per heavy atom. The molecule has 0 amide bonds. The summed E-state index contributed by atoms with van der Waals surface area (Å²) in [6, 6.07) is 7.13. The van der Waals surface area contributed by atoms with Crippen molar-refractivity contribution in [2.24, 2.45) is 0 Å². The van der Waals surface area contributed by atoms with Crippen LogP contribution >= 0.6 is 23.4 Å². The first kappa shape index (κ1) is 11.9. The highest BCUT2D eigenvalue weighted by Crippen LogP contribution is 2.27. The molecule has 0 atom stereocenters. The topological polar surface area (TPSA) is 50.1 Å². The molecular weight excluding hydrogens is 234 g/mol. The molecule has 0 heterocycles. The van der Waals surface area contributed by atoms with E-state index in [0.717, 1.165) is 0 Å². The van der Waals surface area contributed by atoms with Crippen molar-refractivity contribution >= 4 is 29.3 Å². The summed E-state index contributed by atoms with van der Waals surface area (Å²) in [7, 11) is 1.33. The van der Waals surface area contributed by atoms with Crippen molar-refractivity contribution in [1.29, 1.82) is 5.26 Å². The smallest absolute Gasteiger partial charge is 0.315 e. The first-order chi connectivity index (χ1) is 7.19. The van der Waals surface area contributed by atoms with Crippen molar-refractivity contribution < 1.29 is 9.53 Å². The molecule has 0 aliphatic rings. The van der Waals surface area contributed by atoms with E-state index in [2.05, 4.69) is 4.74 Å². The highest BCUT2D eigenvalue weighted by Gasteiger charge is 2.09. The number of nitriles is 1. The van der Waals surface area contributed by atoms with E-state index < -0.39 is 0 Å². The Morgan fingerprint density at radius 1 is 1.67 bits per heavy atom. The normalized spacial score (nSPS) is 9.40. The zero-order valence-corrected chi connectivity index (χ0v) is 9.56. The summed E-state index contributed by atoms with van der Waals surface area (Å²) in [6.07, 6.45) is 0. The van der Waals surface area contributed by atoms with Crippen molar-refractivity contribution in [3.63, 3.8) is 0 Å². The molecule has 0 saturated carbocycles. The molecule has 0 spiro atoms. The van der Waals surface area contributed by atoms with Crippen molar-refractivity contribution in [2.45, 2.75) is 4.90 Å². The lowest BCUT2D eigenvalue weighted by atomic mass is 10.2. The van der Waals surface area contributed by atoms with Crippen molar-refractivity contribution in [3.05, 3.63) is 28.8 Å². The van der Waals surface area contributed by atoms with Crippen LogP contribution < -0.4 is 0 Å². The van der Waals surface area contributed by atoms with Crippen molar-refractivity contribution in [3.8, 4) is 6.07 Å². The number of ether oxygens (including phenoxy) is 1. The zero-order valence-electron chi connectivity index (χ0n) is 7.99. The van der Waals surface area contributed by atoms with E-state index >= 15 is 0 Å². The van der Waals surface area contributed by atoms with E-state index in [9.17, 15) is 4.79 Å². The van der Waals surface area contributed by atoms with Crippen LogP contribution in [0.5, 0.6) is 0 Å².